The zero-order chi connectivity index (χ0) is 21.1. The zero-order valence-electron chi connectivity index (χ0n) is 19.2. The summed E-state index contributed by atoms with van der Waals surface area (Å²) in [6, 6.07) is 18.8. The predicted octanol–water partition coefficient (Wildman–Crippen LogP) is 6.36. The maximum Gasteiger partial charge on any atom is 0.0326 e. The van der Waals surface area contributed by atoms with Crippen LogP contribution in [0.1, 0.15) is 89.7 Å². The summed E-state index contributed by atoms with van der Waals surface area (Å²) >= 11 is 0. The molecule has 0 bridgehead atoms. The molecule has 2 aromatic carbocycles. The minimum absolute atomic E-state index is 0.181. The van der Waals surface area contributed by atoms with E-state index in [0.717, 1.165) is 6.54 Å². The first-order chi connectivity index (χ1) is 12.9. The van der Waals surface area contributed by atoms with Crippen molar-refractivity contribution in [1.29, 1.82) is 0 Å². The number of benzene rings is 2. The Bertz CT molecular complexity index is 666. The van der Waals surface area contributed by atoms with Gasteiger partial charge in [0, 0.05) is 25.2 Å². The minimum atomic E-state index is 0.181. The van der Waals surface area contributed by atoms with Crippen LogP contribution in [0.25, 0.3) is 0 Å². The van der Waals surface area contributed by atoms with Crippen LogP contribution in [-0.2, 0) is 10.8 Å². The zero-order valence-corrected chi connectivity index (χ0v) is 19.2. The Kier molecular flexibility index (Phi) is 7.12. The Morgan fingerprint density at radius 2 is 1.00 bits per heavy atom. The molecule has 2 unspecified atom stereocenters. The van der Waals surface area contributed by atoms with Crippen molar-refractivity contribution in [2.75, 3.05) is 13.1 Å². The van der Waals surface area contributed by atoms with Crippen LogP contribution >= 0.6 is 0 Å². The fourth-order valence-corrected chi connectivity index (χ4v) is 3.78. The fourth-order valence-electron chi connectivity index (χ4n) is 3.78. The van der Waals surface area contributed by atoms with E-state index < -0.39 is 0 Å². The van der Waals surface area contributed by atoms with Gasteiger partial charge in [0.05, 0.1) is 0 Å². The summed E-state index contributed by atoms with van der Waals surface area (Å²) < 4.78 is 0. The largest absolute Gasteiger partial charge is 0.329 e. The highest BCUT2D eigenvalue weighted by Gasteiger charge is 2.23. The Morgan fingerprint density at radius 1 is 0.679 bits per heavy atom. The molecular formula is C26H40N2. The van der Waals surface area contributed by atoms with Crippen molar-refractivity contribution in [1.82, 2.24) is 4.90 Å². The molecule has 2 atom stereocenters. The molecule has 0 radical (unpaired) electrons. The molecule has 28 heavy (non-hydrogen) atoms. The molecule has 0 aliphatic rings. The van der Waals surface area contributed by atoms with Gasteiger partial charge in [-0.15, -0.1) is 0 Å². The van der Waals surface area contributed by atoms with Crippen molar-refractivity contribution in [3.63, 3.8) is 0 Å². The van der Waals surface area contributed by atoms with E-state index >= 15 is 0 Å². The average molecular weight is 381 g/mol. The lowest BCUT2D eigenvalue weighted by atomic mass is 9.85. The van der Waals surface area contributed by atoms with Gasteiger partial charge in [-0.3, -0.25) is 4.90 Å². The third-order valence-electron chi connectivity index (χ3n) is 5.90. The summed E-state index contributed by atoms with van der Waals surface area (Å²) in [5.74, 6) is 0. The van der Waals surface area contributed by atoms with Crippen LogP contribution in [0.15, 0.2) is 48.5 Å². The van der Waals surface area contributed by atoms with E-state index in [1.165, 1.54) is 22.3 Å². The molecule has 0 heterocycles. The van der Waals surface area contributed by atoms with Gasteiger partial charge in [0.1, 0.15) is 0 Å². The van der Waals surface area contributed by atoms with Gasteiger partial charge in [-0.1, -0.05) is 90.1 Å². The van der Waals surface area contributed by atoms with Crippen molar-refractivity contribution < 1.29 is 0 Å². The molecule has 2 rings (SSSR count). The predicted molar refractivity (Wildman–Crippen MR) is 123 cm³/mol. The van der Waals surface area contributed by atoms with Gasteiger partial charge in [-0.2, -0.15) is 0 Å². The third-order valence-corrected chi connectivity index (χ3v) is 5.90. The molecule has 0 aliphatic carbocycles. The second-order valence-corrected chi connectivity index (χ2v) is 10.1. The van der Waals surface area contributed by atoms with E-state index in [9.17, 15) is 0 Å². The lowest BCUT2D eigenvalue weighted by Crippen LogP contribution is -2.34. The normalized spacial score (nSPS) is 14.9. The van der Waals surface area contributed by atoms with Crippen LogP contribution in [0.5, 0.6) is 0 Å². The second-order valence-electron chi connectivity index (χ2n) is 10.1. The quantitative estimate of drug-likeness (QED) is 0.631. The first kappa shape index (κ1) is 22.6. The van der Waals surface area contributed by atoms with Crippen molar-refractivity contribution in [3.8, 4) is 0 Å². The minimum Gasteiger partial charge on any atom is -0.329 e. The number of hydrogen-bond acceptors (Lipinski definition) is 2. The standard InChI is InChI=1S/C26H40N2/c1-19(21-9-13-23(14-10-21)25(3,4)5)28(18-17-27)20(2)22-11-15-24(16-12-22)26(6,7)8/h9-16,19-20H,17-18,27H2,1-8H3. The van der Waals surface area contributed by atoms with Gasteiger partial charge in [0.15, 0.2) is 0 Å². The van der Waals surface area contributed by atoms with Gasteiger partial charge in [-0.25, -0.2) is 0 Å². The van der Waals surface area contributed by atoms with Gasteiger partial charge in [-0.05, 0) is 46.9 Å². The van der Waals surface area contributed by atoms with Gasteiger partial charge >= 0.3 is 0 Å². The first-order valence-corrected chi connectivity index (χ1v) is 10.6. The Labute approximate surface area is 173 Å². The maximum atomic E-state index is 5.98. The van der Waals surface area contributed by atoms with Crippen LogP contribution in [0.2, 0.25) is 0 Å². The van der Waals surface area contributed by atoms with Crippen LogP contribution in [0.4, 0.5) is 0 Å². The van der Waals surface area contributed by atoms with Crippen molar-refractivity contribution in [2.24, 2.45) is 5.73 Å². The molecular weight excluding hydrogens is 340 g/mol. The topological polar surface area (TPSA) is 29.3 Å². The van der Waals surface area contributed by atoms with Crippen LogP contribution < -0.4 is 5.73 Å². The Morgan fingerprint density at radius 3 is 1.25 bits per heavy atom. The molecule has 0 saturated carbocycles. The number of rotatable bonds is 6. The van der Waals surface area contributed by atoms with Crippen LogP contribution in [-0.4, -0.2) is 18.0 Å². The summed E-state index contributed by atoms with van der Waals surface area (Å²) in [4.78, 5) is 2.51. The Hall–Kier alpha value is -1.64. The summed E-state index contributed by atoms with van der Waals surface area (Å²) in [7, 11) is 0. The molecule has 0 aliphatic heterocycles. The third kappa shape index (κ3) is 5.46. The van der Waals surface area contributed by atoms with Gasteiger partial charge in [0.2, 0.25) is 0 Å². The SMILES string of the molecule is CC(c1ccc(C(C)(C)C)cc1)N(CCN)C(C)c1ccc(C(C)(C)C)cc1. The molecule has 2 heteroatoms. The average Bonchev–Trinajstić information content (AvgIpc) is 2.64. The van der Waals surface area contributed by atoms with E-state index in [2.05, 4.69) is 109 Å². The summed E-state index contributed by atoms with van der Waals surface area (Å²) in [6.07, 6.45) is 0. The second kappa shape index (κ2) is 8.80. The van der Waals surface area contributed by atoms with E-state index in [0.29, 0.717) is 18.6 Å². The highest BCUT2D eigenvalue weighted by atomic mass is 15.2. The van der Waals surface area contributed by atoms with Crippen LogP contribution in [0.3, 0.4) is 0 Å². The van der Waals surface area contributed by atoms with Crippen molar-refractivity contribution in [2.45, 2.75) is 78.3 Å². The molecule has 2 nitrogen and oxygen atoms in total. The summed E-state index contributed by atoms with van der Waals surface area (Å²) in [6.45, 7) is 19.7. The number of hydrogen-bond donors (Lipinski definition) is 1. The van der Waals surface area contributed by atoms with Crippen LogP contribution in [0, 0.1) is 0 Å². The van der Waals surface area contributed by atoms with Gasteiger partial charge in [0.25, 0.3) is 0 Å². The Balaban J connectivity index is 2.25. The fraction of sp³-hybridized carbons (Fsp3) is 0.538. The lowest BCUT2D eigenvalue weighted by molar-refractivity contribution is 0.159. The molecule has 2 aromatic rings. The lowest BCUT2D eigenvalue weighted by Gasteiger charge is -2.35. The van der Waals surface area contributed by atoms with E-state index in [4.69, 9.17) is 5.73 Å². The number of nitrogens with zero attached hydrogens (tertiary/aromatic N) is 1. The number of nitrogens with two attached hydrogens (primary N) is 1. The van der Waals surface area contributed by atoms with E-state index in [1.54, 1.807) is 0 Å². The molecule has 0 fully saturated rings. The molecule has 0 aromatic heterocycles. The van der Waals surface area contributed by atoms with E-state index in [-0.39, 0.29) is 10.8 Å². The van der Waals surface area contributed by atoms with Crippen molar-refractivity contribution >= 4 is 0 Å². The van der Waals surface area contributed by atoms with Crippen molar-refractivity contribution in [3.05, 3.63) is 70.8 Å². The molecule has 154 valence electrons. The van der Waals surface area contributed by atoms with E-state index in [1.807, 2.05) is 0 Å². The summed E-state index contributed by atoms with van der Waals surface area (Å²) in [5, 5.41) is 0. The first-order valence-electron chi connectivity index (χ1n) is 10.6. The maximum absolute atomic E-state index is 5.98. The highest BCUT2D eigenvalue weighted by molar-refractivity contribution is 5.31. The molecule has 0 spiro atoms. The smallest absolute Gasteiger partial charge is 0.0326 e. The summed E-state index contributed by atoms with van der Waals surface area (Å²) in [5.41, 5.74) is 11.8. The molecule has 2 N–H and O–H groups in total. The molecule has 0 saturated heterocycles. The highest BCUT2D eigenvalue weighted by Crippen LogP contribution is 2.32. The van der Waals surface area contributed by atoms with Gasteiger partial charge < -0.3 is 5.73 Å². The molecule has 0 amide bonds. The monoisotopic (exact) mass is 380 g/mol.